The standard InChI is InChI=1S/C18H21F4N5O/c1-12-13(10-25-27(12)15-5-3-2-4-14(15)19)17(28)24-11-16(18(20,21)22)26-8-6-23-7-9-26/h2-5,10,16,23H,6-9,11H2,1H3,(H,24,28). The Bertz CT molecular complexity index is 830. The van der Waals surface area contributed by atoms with Crippen molar-refractivity contribution in [1.29, 1.82) is 0 Å². The normalized spacial score (nSPS) is 16.8. The molecule has 0 spiro atoms. The first-order valence-corrected chi connectivity index (χ1v) is 8.88. The van der Waals surface area contributed by atoms with Gasteiger partial charge in [0.25, 0.3) is 5.91 Å². The molecule has 2 N–H and O–H groups in total. The van der Waals surface area contributed by atoms with E-state index in [1.54, 1.807) is 13.0 Å². The van der Waals surface area contributed by atoms with Gasteiger partial charge in [-0.2, -0.15) is 18.3 Å². The highest BCUT2D eigenvalue weighted by molar-refractivity contribution is 5.95. The van der Waals surface area contributed by atoms with E-state index in [1.807, 2.05) is 0 Å². The van der Waals surface area contributed by atoms with Crippen molar-refractivity contribution in [2.24, 2.45) is 0 Å². The molecule has 0 aliphatic carbocycles. The molecule has 0 radical (unpaired) electrons. The summed E-state index contributed by atoms with van der Waals surface area (Å²) in [5.41, 5.74) is 0.603. The van der Waals surface area contributed by atoms with Crippen LogP contribution in [0, 0.1) is 12.7 Å². The predicted octanol–water partition coefficient (Wildman–Crippen LogP) is 1.89. The zero-order valence-electron chi connectivity index (χ0n) is 15.3. The van der Waals surface area contributed by atoms with Crippen LogP contribution in [-0.2, 0) is 0 Å². The number of nitrogens with zero attached hydrogens (tertiary/aromatic N) is 3. The van der Waals surface area contributed by atoms with Crippen LogP contribution in [0.1, 0.15) is 16.1 Å². The van der Waals surface area contributed by atoms with Crippen molar-refractivity contribution in [1.82, 2.24) is 25.3 Å². The van der Waals surface area contributed by atoms with Crippen LogP contribution >= 0.6 is 0 Å². The predicted molar refractivity (Wildman–Crippen MR) is 94.9 cm³/mol. The number of rotatable bonds is 5. The number of halogens is 4. The van der Waals surface area contributed by atoms with E-state index in [-0.39, 0.29) is 24.3 Å². The molecule has 0 bridgehead atoms. The van der Waals surface area contributed by atoms with Crippen LogP contribution in [0.4, 0.5) is 17.6 Å². The number of para-hydroxylation sites is 1. The summed E-state index contributed by atoms with van der Waals surface area (Å²) in [6.45, 7) is 2.44. The minimum Gasteiger partial charge on any atom is -0.350 e. The molecule has 1 unspecified atom stereocenters. The minimum absolute atomic E-state index is 0.101. The van der Waals surface area contributed by atoms with E-state index in [4.69, 9.17) is 0 Å². The Morgan fingerprint density at radius 1 is 1.29 bits per heavy atom. The highest BCUT2D eigenvalue weighted by atomic mass is 19.4. The number of hydrogen-bond donors (Lipinski definition) is 2. The van der Waals surface area contributed by atoms with Crippen LogP contribution in [-0.4, -0.2) is 65.5 Å². The van der Waals surface area contributed by atoms with Gasteiger partial charge in [-0.3, -0.25) is 9.69 Å². The number of carbonyl (C=O) groups is 1. The zero-order chi connectivity index (χ0) is 20.3. The van der Waals surface area contributed by atoms with E-state index in [9.17, 15) is 22.4 Å². The van der Waals surface area contributed by atoms with Crippen molar-refractivity contribution in [2.45, 2.75) is 19.1 Å². The third-order valence-corrected chi connectivity index (χ3v) is 4.76. The summed E-state index contributed by atoms with van der Waals surface area (Å²) in [6.07, 6.45) is -3.23. The van der Waals surface area contributed by atoms with Crippen LogP contribution in [0.15, 0.2) is 30.5 Å². The molecule has 10 heteroatoms. The van der Waals surface area contributed by atoms with Crippen molar-refractivity contribution in [2.75, 3.05) is 32.7 Å². The van der Waals surface area contributed by atoms with Gasteiger partial charge in [0.2, 0.25) is 0 Å². The Morgan fingerprint density at radius 3 is 2.61 bits per heavy atom. The molecular weight excluding hydrogens is 378 g/mol. The average molecular weight is 399 g/mol. The van der Waals surface area contributed by atoms with Gasteiger partial charge in [0, 0.05) is 32.7 Å². The first-order chi connectivity index (χ1) is 13.3. The fraction of sp³-hybridized carbons (Fsp3) is 0.444. The number of piperazine rings is 1. The van der Waals surface area contributed by atoms with Crippen LogP contribution in [0.25, 0.3) is 5.69 Å². The lowest BCUT2D eigenvalue weighted by atomic mass is 10.2. The molecule has 2 heterocycles. The lowest BCUT2D eigenvalue weighted by molar-refractivity contribution is -0.183. The van der Waals surface area contributed by atoms with Gasteiger partial charge in [0.05, 0.1) is 17.5 Å². The molecule has 1 fully saturated rings. The summed E-state index contributed by atoms with van der Waals surface area (Å²) >= 11 is 0. The number of amides is 1. The van der Waals surface area contributed by atoms with Gasteiger partial charge < -0.3 is 10.6 Å². The van der Waals surface area contributed by atoms with Crippen molar-refractivity contribution in [3.05, 3.63) is 47.5 Å². The van der Waals surface area contributed by atoms with Gasteiger partial charge in [-0.05, 0) is 19.1 Å². The summed E-state index contributed by atoms with van der Waals surface area (Å²) < 4.78 is 55.5. The quantitative estimate of drug-likeness (QED) is 0.754. The fourth-order valence-corrected chi connectivity index (χ4v) is 3.23. The van der Waals surface area contributed by atoms with E-state index in [1.165, 1.54) is 34.0 Å². The maximum atomic E-state index is 14.0. The lowest BCUT2D eigenvalue weighted by Gasteiger charge is -2.35. The van der Waals surface area contributed by atoms with Crippen molar-refractivity contribution >= 4 is 5.91 Å². The second-order valence-electron chi connectivity index (χ2n) is 6.56. The lowest BCUT2D eigenvalue weighted by Crippen LogP contribution is -2.57. The smallest absolute Gasteiger partial charge is 0.350 e. The molecular formula is C18H21F4N5O. The molecule has 152 valence electrons. The van der Waals surface area contributed by atoms with E-state index in [0.717, 1.165) is 0 Å². The highest BCUT2D eigenvalue weighted by Crippen LogP contribution is 2.25. The maximum Gasteiger partial charge on any atom is 0.405 e. The molecule has 2 aromatic rings. The molecule has 1 atom stereocenters. The Morgan fingerprint density at radius 2 is 1.96 bits per heavy atom. The molecule has 1 aliphatic rings. The summed E-state index contributed by atoms with van der Waals surface area (Å²) in [6, 6.07) is 4.15. The van der Waals surface area contributed by atoms with Crippen molar-refractivity contribution in [3.63, 3.8) is 0 Å². The van der Waals surface area contributed by atoms with Gasteiger partial charge in [-0.25, -0.2) is 9.07 Å². The number of alkyl halides is 3. The largest absolute Gasteiger partial charge is 0.405 e. The van der Waals surface area contributed by atoms with E-state index >= 15 is 0 Å². The first kappa shape index (κ1) is 20.3. The molecule has 3 rings (SSSR count). The van der Waals surface area contributed by atoms with E-state index < -0.39 is 30.5 Å². The molecule has 1 aliphatic heterocycles. The first-order valence-electron chi connectivity index (χ1n) is 8.88. The average Bonchev–Trinajstić information content (AvgIpc) is 3.03. The third kappa shape index (κ3) is 4.33. The summed E-state index contributed by atoms with van der Waals surface area (Å²) in [5, 5.41) is 9.37. The van der Waals surface area contributed by atoms with Crippen molar-refractivity contribution in [3.8, 4) is 5.69 Å². The van der Waals surface area contributed by atoms with Gasteiger partial charge in [0.1, 0.15) is 17.5 Å². The molecule has 28 heavy (non-hydrogen) atoms. The zero-order valence-corrected chi connectivity index (χ0v) is 15.3. The number of carbonyl (C=O) groups excluding carboxylic acids is 1. The van der Waals surface area contributed by atoms with Crippen LogP contribution in [0.3, 0.4) is 0 Å². The number of benzene rings is 1. The third-order valence-electron chi connectivity index (χ3n) is 4.76. The monoisotopic (exact) mass is 399 g/mol. The molecule has 1 aromatic heterocycles. The molecule has 6 nitrogen and oxygen atoms in total. The fourth-order valence-electron chi connectivity index (χ4n) is 3.23. The molecule has 1 amide bonds. The van der Waals surface area contributed by atoms with Gasteiger partial charge in [-0.1, -0.05) is 12.1 Å². The molecule has 1 saturated heterocycles. The maximum absolute atomic E-state index is 14.0. The van der Waals surface area contributed by atoms with Crippen LogP contribution in [0.5, 0.6) is 0 Å². The highest BCUT2D eigenvalue weighted by Gasteiger charge is 2.43. The van der Waals surface area contributed by atoms with Gasteiger partial charge in [-0.15, -0.1) is 0 Å². The Kier molecular flexibility index (Phi) is 5.99. The topological polar surface area (TPSA) is 62.2 Å². The molecule has 0 saturated carbocycles. The summed E-state index contributed by atoms with van der Waals surface area (Å²) in [7, 11) is 0. The molecule has 1 aromatic carbocycles. The van der Waals surface area contributed by atoms with Crippen LogP contribution in [0.2, 0.25) is 0 Å². The van der Waals surface area contributed by atoms with Crippen molar-refractivity contribution < 1.29 is 22.4 Å². The van der Waals surface area contributed by atoms with Gasteiger partial charge in [0.15, 0.2) is 0 Å². The number of aromatic nitrogens is 2. The Hall–Kier alpha value is -2.46. The van der Waals surface area contributed by atoms with E-state index in [2.05, 4.69) is 15.7 Å². The minimum atomic E-state index is -4.46. The summed E-state index contributed by atoms with van der Waals surface area (Å²) in [4.78, 5) is 13.8. The summed E-state index contributed by atoms with van der Waals surface area (Å²) in [5.74, 6) is -1.19. The number of nitrogens with one attached hydrogen (secondary N) is 2. The second kappa shape index (κ2) is 8.27. The Balaban J connectivity index is 1.73. The number of hydrogen-bond acceptors (Lipinski definition) is 4. The SMILES string of the molecule is Cc1c(C(=O)NCC(N2CCNCC2)C(F)(F)F)cnn1-c1ccccc1F. The van der Waals surface area contributed by atoms with E-state index in [0.29, 0.717) is 18.8 Å². The Labute approximate surface area is 159 Å². The second-order valence-corrected chi connectivity index (χ2v) is 6.56. The van der Waals surface area contributed by atoms with Gasteiger partial charge >= 0.3 is 6.18 Å². The van der Waals surface area contributed by atoms with Crippen LogP contribution < -0.4 is 10.6 Å².